The summed E-state index contributed by atoms with van der Waals surface area (Å²) in [4.78, 5) is 57.9. The van der Waals surface area contributed by atoms with Crippen LogP contribution in [0, 0.1) is 11.6 Å². The van der Waals surface area contributed by atoms with E-state index in [0.29, 0.717) is 36.6 Å². The number of hydrogen-bond acceptors (Lipinski definition) is 7. The summed E-state index contributed by atoms with van der Waals surface area (Å²) in [7, 11) is 0. The molecule has 1 fully saturated rings. The van der Waals surface area contributed by atoms with Gasteiger partial charge in [-0.1, -0.05) is 30.3 Å². The molecule has 2 heterocycles. The number of oxazole rings is 1. The van der Waals surface area contributed by atoms with Crippen molar-refractivity contribution in [3.05, 3.63) is 102 Å². The van der Waals surface area contributed by atoms with Crippen LogP contribution in [0.1, 0.15) is 28.9 Å². The third-order valence-electron chi connectivity index (χ3n) is 7.20. The molecule has 11 nitrogen and oxygen atoms in total. The minimum Gasteiger partial charge on any atom is -0.508 e. The number of amides is 4. The monoisotopic (exact) mass is 617 g/mol. The molecule has 0 bridgehead atoms. The Labute approximate surface area is 256 Å². The van der Waals surface area contributed by atoms with Gasteiger partial charge in [0.25, 0.3) is 5.91 Å². The molecule has 5 rings (SSSR count). The van der Waals surface area contributed by atoms with E-state index >= 15 is 0 Å². The van der Waals surface area contributed by atoms with Gasteiger partial charge in [-0.2, -0.15) is 0 Å². The number of phenolic OH excluding ortho intramolecular Hbond substituents is 1. The standard InChI is InChI=1S/C32H29F2N5O6/c33-21-10-13-24(23(34)16-21)37-29(42)25(15-19-8-11-22(40)12-9-19)36-28(41)17-35-30(43)27-7-4-14-39(27)32(44)26-18-45-31(38-26)20-5-2-1-3-6-20/h1-3,5-6,8-13,16,18,25,27,40H,4,7,14-15,17H2,(H,35,43)(H,36,41)(H,37,42)/t25-,27-/m0/s1. The van der Waals surface area contributed by atoms with E-state index in [0.717, 1.165) is 12.1 Å². The van der Waals surface area contributed by atoms with Gasteiger partial charge in [0.15, 0.2) is 5.69 Å². The van der Waals surface area contributed by atoms with Crippen LogP contribution in [0.15, 0.2) is 83.5 Å². The average Bonchev–Trinajstić information content (AvgIpc) is 3.73. The Bertz CT molecular complexity index is 1700. The van der Waals surface area contributed by atoms with Gasteiger partial charge in [0.1, 0.15) is 35.7 Å². The summed E-state index contributed by atoms with van der Waals surface area (Å²) in [5.74, 6) is -4.11. The zero-order valence-corrected chi connectivity index (χ0v) is 23.8. The largest absolute Gasteiger partial charge is 0.508 e. The number of nitrogens with one attached hydrogen (secondary N) is 3. The fourth-order valence-electron chi connectivity index (χ4n) is 4.93. The number of carbonyl (C=O) groups is 4. The highest BCUT2D eigenvalue weighted by Gasteiger charge is 2.36. The number of benzene rings is 3. The minimum atomic E-state index is -1.22. The van der Waals surface area contributed by atoms with E-state index in [1.807, 2.05) is 18.2 Å². The topological polar surface area (TPSA) is 154 Å². The minimum absolute atomic E-state index is 0.000457. The first-order valence-corrected chi connectivity index (χ1v) is 14.1. The first-order valence-electron chi connectivity index (χ1n) is 14.1. The summed E-state index contributed by atoms with van der Waals surface area (Å²) < 4.78 is 33.0. The van der Waals surface area contributed by atoms with Crippen LogP contribution in [0.3, 0.4) is 0 Å². The molecule has 0 saturated carbocycles. The van der Waals surface area contributed by atoms with Gasteiger partial charge in [-0.25, -0.2) is 13.8 Å². The molecular weight excluding hydrogens is 588 g/mol. The highest BCUT2D eigenvalue weighted by atomic mass is 19.1. The molecule has 1 aliphatic heterocycles. The van der Waals surface area contributed by atoms with E-state index in [4.69, 9.17) is 4.42 Å². The Balaban J connectivity index is 1.21. The molecule has 2 atom stereocenters. The normalized spacial score (nSPS) is 14.9. The van der Waals surface area contributed by atoms with E-state index in [1.165, 1.54) is 23.3 Å². The smallest absolute Gasteiger partial charge is 0.276 e. The Morgan fingerprint density at radius 3 is 2.51 bits per heavy atom. The average molecular weight is 618 g/mol. The summed E-state index contributed by atoms with van der Waals surface area (Å²) in [6, 6.07) is 15.5. The van der Waals surface area contributed by atoms with Crippen LogP contribution in [0.4, 0.5) is 14.5 Å². The molecule has 0 aliphatic carbocycles. The number of rotatable bonds is 10. The molecule has 13 heteroatoms. The predicted octanol–water partition coefficient (Wildman–Crippen LogP) is 3.41. The maximum atomic E-state index is 14.2. The maximum absolute atomic E-state index is 14.2. The third kappa shape index (κ3) is 7.68. The number of aromatic nitrogens is 1. The van der Waals surface area contributed by atoms with Gasteiger partial charge in [0.05, 0.1) is 12.2 Å². The molecule has 1 aliphatic rings. The van der Waals surface area contributed by atoms with Crippen LogP contribution < -0.4 is 16.0 Å². The lowest BCUT2D eigenvalue weighted by atomic mass is 10.0. The lowest BCUT2D eigenvalue weighted by molar-refractivity contribution is -0.129. The van der Waals surface area contributed by atoms with Crippen molar-refractivity contribution in [3.8, 4) is 17.2 Å². The van der Waals surface area contributed by atoms with Crippen molar-refractivity contribution in [1.82, 2.24) is 20.5 Å². The zero-order chi connectivity index (χ0) is 31.9. The van der Waals surface area contributed by atoms with Crippen LogP contribution in [0.5, 0.6) is 5.75 Å². The maximum Gasteiger partial charge on any atom is 0.276 e. The molecule has 4 aromatic rings. The quantitative estimate of drug-likeness (QED) is 0.213. The number of carbonyl (C=O) groups excluding carboxylic acids is 4. The van der Waals surface area contributed by atoms with Gasteiger partial charge in [-0.3, -0.25) is 19.2 Å². The molecule has 232 valence electrons. The van der Waals surface area contributed by atoms with Crippen LogP contribution in [-0.2, 0) is 20.8 Å². The Morgan fingerprint density at radius 1 is 1.02 bits per heavy atom. The number of hydrogen-bond donors (Lipinski definition) is 4. The fourth-order valence-corrected chi connectivity index (χ4v) is 4.93. The molecule has 0 spiro atoms. The van der Waals surface area contributed by atoms with Crippen molar-refractivity contribution in [2.24, 2.45) is 0 Å². The van der Waals surface area contributed by atoms with Gasteiger partial charge < -0.3 is 30.4 Å². The second-order valence-electron chi connectivity index (χ2n) is 10.4. The molecule has 4 N–H and O–H groups in total. The Morgan fingerprint density at radius 2 is 1.78 bits per heavy atom. The van der Waals surface area contributed by atoms with E-state index in [1.54, 1.807) is 24.3 Å². The number of nitrogens with zero attached hydrogens (tertiary/aromatic N) is 2. The van der Waals surface area contributed by atoms with Gasteiger partial charge >= 0.3 is 0 Å². The van der Waals surface area contributed by atoms with Crippen molar-refractivity contribution in [2.45, 2.75) is 31.3 Å². The lowest BCUT2D eigenvalue weighted by Crippen LogP contribution is -2.51. The summed E-state index contributed by atoms with van der Waals surface area (Å²) >= 11 is 0. The Kier molecular flexibility index (Phi) is 9.46. The van der Waals surface area contributed by atoms with Gasteiger partial charge in [0, 0.05) is 24.6 Å². The lowest BCUT2D eigenvalue weighted by Gasteiger charge is -2.23. The number of aromatic hydroxyl groups is 1. The molecule has 1 aromatic heterocycles. The van der Waals surface area contributed by atoms with Crippen LogP contribution in [0.25, 0.3) is 11.5 Å². The zero-order valence-electron chi connectivity index (χ0n) is 23.8. The predicted molar refractivity (Wildman–Crippen MR) is 158 cm³/mol. The van der Waals surface area contributed by atoms with Gasteiger partial charge in [0.2, 0.25) is 23.6 Å². The number of anilines is 1. The van der Waals surface area contributed by atoms with Crippen molar-refractivity contribution >= 4 is 29.3 Å². The first kappa shape index (κ1) is 30.9. The number of phenols is 1. The van der Waals surface area contributed by atoms with Crippen LogP contribution >= 0.6 is 0 Å². The fraction of sp³-hybridized carbons (Fsp3) is 0.219. The second kappa shape index (κ2) is 13.8. The van der Waals surface area contributed by atoms with Gasteiger partial charge in [-0.15, -0.1) is 0 Å². The van der Waals surface area contributed by atoms with Crippen LogP contribution in [-0.4, -0.2) is 63.8 Å². The summed E-state index contributed by atoms with van der Waals surface area (Å²) in [6.07, 6.45) is 2.14. The van der Waals surface area contributed by atoms with Crippen molar-refractivity contribution in [1.29, 1.82) is 0 Å². The molecule has 0 unspecified atom stereocenters. The number of likely N-dealkylation sites (tertiary alicyclic amines) is 1. The van der Waals surface area contributed by atoms with Crippen molar-refractivity contribution < 1.29 is 37.5 Å². The van der Waals surface area contributed by atoms with E-state index < -0.39 is 53.9 Å². The van der Waals surface area contributed by atoms with Gasteiger partial charge in [-0.05, 0) is 54.8 Å². The van der Waals surface area contributed by atoms with E-state index in [-0.39, 0.29) is 29.4 Å². The van der Waals surface area contributed by atoms with Crippen molar-refractivity contribution in [3.63, 3.8) is 0 Å². The summed E-state index contributed by atoms with van der Waals surface area (Å²) in [5.41, 5.74) is 1.03. The highest BCUT2D eigenvalue weighted by molar-refractivity contribution is 5.99. The summed E-state index contributed by atoms with van der Waals surface area (Å²) in [6.45, 7) is -0.199. The number of halogens is 2. The molecule has 45 heavy (non-hydrogen) atoms. The van der Waals surface area contributed by atoms with Crippen LogP contribution in [0.2, 0.25) is 0 Å². The molecule has 4 amide bonds. The highest BCUT2D eigenvalue weighted by Crippen LogP contribution is 2.23. The van der Waals surface area contributed by atoms with Crippen molar-refractivity contribution in [2.75, 3.05) is 18.4 Å². The third-order valence-corrected chi connectivity index (χ3v) is 7.20. The molecule has 0 radical (unpaired) electrons. The molecule has 1 saturated heterocycles. The summed E-state index contributed by atoms with van der Waals surface area (Å²) in [5, 5.41) is 17.0. The SMILES string of the molecule is O=C(CNC(=O)[C@@H]1CCCN1C(=O)c1coc(-c2ccccc2)n1)N[C@@H](Cc1ccc(O)cc1)C(=O)Nc1ccc(F)cc1F. The first-order chi connectivity index (χ1) is 21.7. The molecule has 3 aromatic carbocycles. The second-order valence-corrected chi connectivity index (χ2v) is 10.4. The Hall–Kier alpha value is -5.59. The van der Waals surface area contributed by atoms with E-state index in [2.05, 4.69) is 20.9 Å². The van der Waals surface area contributed by atoms with E-state index in [9.17, 15) is 33.1 Å². The molecular formula is C32H29F2N5O6.